The van der Waals surface area contributed by atoms with Crippen molar-refractivity contribution in [1.82, 2.24) is 4.31 Å². The van der Waals surface area contributed by atoms with Gasteiger partial charge in [0.2, 0.25) is 15.9 Å². The zero-order valence-corrected chi connectivity index (χ0v) is 19.8. The van der Waals surface area contributed by atoms with Crippen molar-refractivity contribution in [3.8, 4) is 0 Å². The largest absolute Gasteiger partial charge is 0.464 e. The lowest BCUT2D eigenvalue weighted by molar-refractivity contribution is -0.115. The van der Waals surface area contributed by atoms with Crippen LogP contribution in [0.1, 0.15) is 19.4 Å². The average molecular weight is 479 g/mol. The summed E-state index contributed by atoms with van der Waals surface area (Å²) in [6.07, 6.45) is 1.45. The van der Waals surface area contributed by atoms with Gasteiger partial charge in [-0.3, -0.25) is 4.79 Å². The minimum Gasteiger partial charge on any atom is -0.464 e. The van der Waals surface area contributed by atoms with Crippen LogP contribution in [-0.2, 0) is 26.0 Å². The molecule has 1 aromatic heterocycles. The Bertz CT molecular complexity index is 1450. The van der Waals surface area contributed by atoms with Crippen molar-refractivity contribution in [3.63, 3.8) is 0 Å². The number of benzene rings is 3. The van der Waals surface area contributed by atoms with Crippen LogP contribution < -0.4 is 5.32 Å². The monoisotopic (exact) mass is 478 g/mol. The van der Waals surface area contributed by atoms with Gasteiger partial charge in [-0.25, -0.2) is 8.42 Å². The number of nitrogens with zero attached hydrogens (tertiary/aromatic N) is 1. The first kappa shape index (κ1) is 22.6. The second kappa shape index (κ2) is 8.87. The molecule has 176 valence electrons. The lowest BCUT2D eigenvalue weighted by Crippen LogP contribution is -2.48. The molecule has 2 atom stereocenters. The van der Waals surface area contributed by atoms with Crippen LogP contribution in [0.5, 0.6) is 0 Å². The Balaban J connectivity index is 1.31. The van der Waals surface area contributed by atoms with Gasteiger partial charge in [0.25, 0.3) is 0 Å². The van der Waals surface area contributed by atoms with Crippen LogP contribution in [-0.4, -0.2) is 43.9 Å². The maximum Gasteiger partial charge on any atom is 0.243 e. The molecule has 1 N–H and O–H groups in total. The van der Waals surface area contributed by atoms with Gasteiger partial charge in [-0.1, -0.05) is 30.3 Å². The van der Waals surface area contributed by atoms with Gasteiger partial charge in [0.15, 0.2) is 0 Å². The van der Waals surface area contributed by atoms with E-state index in [1.807, 2.05) is 50.2 Å². The molecule has 0 radical (unpaired) electrons. The van der Waals surface area contributed by atoms with E-state index in [0.29, 0.717) is 18.8 Å². The number of nitrogens with one attached hydrogen (secondary N) is 1. The standard InChI is InChI=1S/C26H26N2O5S/c1-17-14-28(15-18(2)33-17)34(30,31)22-10-8-21(9-11-22)27-25(29)13-20-16-32-24-12-7-19-5-3-4-6-23(19)26(20)24/h3-12,16-18H,13-15H2,1-2H3,(H,27,29). The summed E-state index contributed by atoms with van der Waals surface area (Å²) >= 11 is 0. The molecule has 1 saturated heterocycles. The van der Waals surface area contributed by atoms with Crippen molar-refractivity contribution in [2.24, 2.45) is 0 Å². The highest BCUT2D eigenvalue weighted by molar-refractivity contribution is 7.89. The smallest absolute Gasteiger partial charge is 0.243 e. The molecule has 1 amide bonds. The molecule has 2 unspecified atom stereocenters. The molecule has 7 nitrogen and oxygen atoms in total. The number of furan rings is 1. The van der Waals surface area contributed by atoms with Crippen molar-refractivity contribution < 1.29 is 22.4 Å². The maximum absolute atomic E-state index is 13.0. The van der Waals surface area contributed by atoms with Gasteiger partial charge in [-0.05, 0) is 55.0 Å². The van der Waals surface area contributed by atoms with Crippen molar-refractivity contribution in [2.45, 2.75) is 37.4 Å². The molecule has 1 aliphatic rings. The van der Waals surface area contributed by atoms with Gasteiger partial charge in [-0.15, -0.1) is 0 Å². The number of anilines is 1. The molecule has 4 aromatic rings. The third kappa shape index (κ3) is 4.32. The second-order valence-corrected chi connectivity index (χ2v) is 10.7. The van der Waals surface area contributed by atoms with Crippen LogP contribution in [0.15, 0.2) is 76.2 Å². The van der Waals surface area contributed by atoms with Gasteiger partial charge in [-0.2, -0.15) is 4.31 Å². The number of hydrogen-bond acceptors (Lipinski definition) is 5. The fraction of sp³-hybridized carbons (Fsp3) is 0.269. The van der Waals surface area contributed by atoms with Gasteiger partial charge >= 0.3 is 0 Å². The van der Waals surface area contributed by atoms with E-state index < -0.39 is 10.0 Å². The number of morpholine rings is 1. The molecule has 1 aliphatic heterocycles. The Morgan fingerprint density at radius 1 is 1.00 bits per heavy atom. The summed E-state index contributed by atoms with van der Waals surface area (Å²) in [5.41, 5.74) is 2.08. The lowest BCUT2D eigenvalue weighted by atomic mass is 10.0. The van der Waals surface area contributed by atoms with Crippen LogP contribution in [0.4, 0.5) is 5.69 Å². The molecule has 0 saturated carbocycles. The van der Waals surface area contributed by atoms with Gasteiger partial charge in [0, 0.05) is 29.7 Å². The van der Waals surface area contributed by atoms with Gasteiger partial charge in [0.1, 0.15) is 5.58 Å². The van der Waals surface area contributed by atoms with Crippen molar-refractivity contribution in [2.75, 3.05) is 18.4 Å². The third-order valence-electron chi connectivity index (χ3n) is 6.05. The predicted molar refractivity (Wildman–Crippen MR) is 131 cm³/mol. The molecule has 8 heteroatoms. The summed E-state index contributed by atoms with van der Waals surface area (Å²) in [6, 6.07) is 18.2. The molecule has 34 heavy (non-hydrogen) atoms. The van der Waals surface area contributed by atoms with E-state index in [9.17, 15) is 13.2 Å². The molecule has 1 fully saturated rings. The van der Waals surface area contributed by atoms with E-state index in [4.69, 9.17) is 9.15 Å². The number of fused-ring (bicyclic) bond motifs is 3. The van der Waals surface area contributed by atoms with Gasteiger partial charge < -0.3 is 14.5 Å². The Kier molecular flexibility index (Phi) is 5.89. The number of ether oxygens (including phenoxy) is 1. The Morgan fingerprint density at radius 3 is 2.44 bits per heavy atom. The van der Waals surface area contributed by atoms with E-state index in [2.05, 4.69) is 5.32 Å². The van der Waals surface area contributed by atoms with Gasteiger partial charge in [0.05, 0.1) is 29.8 Å². The molecular formula is C26H26N2O5S. The highest BCUT2D eigenvalue weighted by Gasteiger charge is 2.32. The van der Waals surface area contributed by atoms with Crippen LogP contribution in [0, 0.1) is 0 Å². The van der Waals surface area contributed by atoms with Crippen molar-refractivity contribution >= 4 is 43.4 Å². The number of carbonyl (C=O) groups excluding carboxylic acids is 1. The van der Waals surface area contributed by atoms with E-state index in [1.165, 1.54) is 16.4 Å². The lowest BCUT2D eigenvalue weighted by Gasteiger charge is -2.34. The van der Waals surface area contributed by atoms with E-state index in [0.717, 1.165) is 27.3 Å². The number of hydrogen-bond donors (Lipinski definition) is 1. The maximum atomic E-state index is 13.0. The predicted octanol–water partition coefficient (Wildman–Crippen LogP) is 4.57. The Hall–Kier alpha value is -3.20. The fourth-order valence-corrected chi connectivity index (χ4v) is 6.16. The van der Waals surface area contributed by atoms with Crippen molar-refractivity contribution in [3.05, 3.63) is 72.5 Å². The Labute approximate surface area is 198 Å². The first-order chi connectivity index (χ1) is 16.3. The van der Waals surface area contributed by atoms with Crippen LogP contribution in [0.3, 0.4) is 0 Å². The summed E-state index contributed by atoms with van der Waals surface area (Å²) in [4.78, 5) is 13.0. The molecule has 0 aliphatic carbocycles. The number of carbonyl (C=O) groups is 1. The molecule has 2 heterocycles. The summed E-state index contributed by atoms with van der Waals surface area (Å²) in [7, 11) is -3.63. The zero-order valence-electron chi connectivity index (χ0n) is 19.0. The summed E-state index contributed by atoms with van der Waals surface area (Å²) < 4.78 is 38.8. The van der Waals surface area contributed by atoms with Crippen molar-refractivity contribution in [1.29, 1.82) is 0 Å². The van der Waals surface area contributed by atoms with E-state index in [-0.39, 0.29) is 29.4 Å². The average Bonchev–Trinajstić information content (AvgIpc) is 3.22. The van der Waals surface area contributed by atoms with Crippen LogP contribution in [0.2, 0.25) is 0 Å². The minimum absolute atomic E-state index is 0.143. The summed E-state index contributed by atoms with van der Waals surface area (Å²) in [5, 5.41) is 5.91. The summed E-state index contributed by atoms with van der Waals surface area (Å²) in [5.74, 6) is -0.206. The molecule has 0 spiro atoms. The third-order valence-corrected chi connectivity index (χ3v) is 7.90. The van der Waals surface area contributed by atoms with E-state index in [1.54, 1.807) is 18.4 Å². The minimum atomic E-state index is -3.63. The number of amides is 1. The SMILES string of the molecule is CC1CN(S(=O)(=O)c2ccc(NC(=O)Cc3coc4ccc5ccccc5c34)cc2)CC(C)O1. The topological polar surface area (TPSA) is 88.9 Å². The molecule has 3 aromatic carbocycles. The quantitative estimate of drug-likeness (QED) is 0.454. The second-order valence-electron chi connectivity index (χ2n) is 8.75. The molecule has 5 rings (SSSR count). The molecular weight excluding hydrogens is 452 g/mol. The normalized spacial score (nSPS) is 19.5. The number of rotatable bonds is 5. The summed E-state index contributed by atoms with van der Waals surface area (Å²) in [6.45, 7) is 4.36. The Morgan fingerprint density at radius 2 is 1.71 bits per heavy atom. The van der Waals surface area contributed by atoms with E-state index >= 15 is 0 Å². The highest BCUT2D eigenvalue weighted by atomic mass is 32.2. The number of sulfonamides is 1. The highest BCUT2D eigenvalue weighted by Crippen LogP contribution is 2.30. The first-order valence-electron chi connectivity index (χ1n) is 11.2. The molecule has 0 bridgehead atoms. The van der Waals surface area contributed by atoms with Crippen LogP contribution >= 0.6 is 0 Å². The first-order valence-corrected chi connectivity index (χ1v) is 12.7. The van der Waals surface area contributed by atoms with Crippen LogP contribution in [0.25, 0.3) is 21.7 Å². The fourth-order valence-electron chi connectivity index (χ4n) is 4.57. The zero-order chi connectivity index (χ0) is 23.9.